The van der Waals surface area contributed by atoms with E-state index in [4.69, 9.17) is 9.40 Å². The van der Waals surface area contributed by atoms with E-state index in [-0.39, 0.29) is 25.5 Å². The van der Waals surface area contributed by atoms with Crippen molar-refractivity contribution in [3.63, 3.8) is 0 Å². The summed E-state index contributed by atoms with van der Waals surface area (Å²) in [5, 5.41) is 3.39. The Hall–Kier alpha value is -3.44. The summed E-state index contributed by atoms with van der Waals surface area (Å²) in [5.41, 5.74) is 7.99. The summed E-state index contributed by atoms with van der Waals surface area (Å²) >= 11 is 0. The fraction of sp³-hybridized carbons (Fsp3) is 0.229. The summed E-state index contributed by atoms with van der Waals surface area (Å²) in [6.07, 6.45) is 6.96. The van der Waals surface area contributed by atoms with E-state index >= 15 is 0 Å². The second kappa shape index (κ2) is 12.2. The van der Waals surface area contributed by atoms with E-state index in [2.05, 4.69) is 99.9 Å². The van der Waals surface area contributed by atoms with Gasteiger partial charge in [0.25, 0.3) is 0 Å². The van der Waals surface area contributed by atoms with Gasteiger partial charge in [-0.25, -0.2) is 0 Å². The van der Waals surface area contributed by atoms with Crippen molar-refractivity contribution < 1.29 is 24.5 Å². The molecule has 0 unspecified atom stereocenters. The van der Waals surface area contributed by atoms with Gasteiger partial charge in [0, 0.05) is 37.9 Å². The maximum absolute atomic E-state index is 6.31. The SMILES string of the molecule is CC(C)(C)c1ccnc(-c2[c-]nc([Si](C)(C)C)c3c2oc2ccccc23)c1.Cc1ccnc(-c2[c-]cccc2)c1.[Ir]. The topological polar surface area (TPSA) is 51.8 Å². The molecule has 0 aliphatic heterocycles. The monoisotopic (exact) mass is 734 g/mol. The average Bonchev–Trinajstić information content (AvgIpc) is 3.32. The van der Waals surface area contributed by atoms with E-state index in [1.807, 2.05) is 54.9 Å². The Morgan fingerprint density at radius 2 is 1.54 bits per heavy atom. The van der Waals surface area contributed by atoms with Crippen molar-refractivity contribution in [2.75, 3.05) is 0 Å². The molecule has 6 aromatic rings. The second-order valence-electron chi connectivity index (χ2n) is 12.2. The van der Waals surface area contributed by atoms with Crippen LogP contribution in [0.5, 0.6) is 0 Å². The van der Waals surface area contributed by atoms with Gasteiger partial charge in [-0.1, -0.05) is 81.9 Å². The molecule has 0 N–H and O–H groups in total. The van der Waals surface area contributed by atoms with Crippen molar-refractivity contribution >= 4 is 35.3 Å². The van der Waals surface area contributed by atoms with Crippen LogP contribution in [0.15, 0.2) is 89.6 Å². The second-order valence-corrected chi connectivity index (χ2v) is 17.1. The van der Waals surface area contributed by atoms with Crippen LogP contribution >= 0.6 is 0 Å². The molecule has 0 saturated heterocycles. The number of hydrogen-bond acceptors (Lipinski definition) is 4. The molecule has 0 aliphatic carbocycles. The molecule has 211 valence electrons. The van der Waals surface area contributed by atoms with Gasteiger partial charge in [-0.3, -0.25) is 0 Å². The molecule has 0 spiro atoms. The molecule has 6 heteroatoms. The number of furan rings is 1. The Bertz CT molecular complexity index is 1780. The molecule has 0 aliphatic rings. The first-order chi connectivity index (χ1) is 19.0. The first kappa shape index (κ1) is 30.5. The first-order valence-corrected chi connectivity index (χ1v) is 17.1. The van der Waals surface area contributed by atoms with Crippen LogP contribution in [-0.2, 0) is 25.5 Å². The number of aryl methyl sites for hydroxylation is 1. The molecule has 0 atom stereocenters. The quantitative estimate of drug-likeness (QED) is 0.135. The molecule has 0 saturated carbocycles. The number of benzene rings is 2. The van der Waals surface area contributed by atoms with Gasteiger partial charge in [0.1, 0.15) is 5.58 Å². The van der Waals surface area contributed by atoms with Crippen LogP contribution in [0.3, 0.4) is 0 Å². The number of para-hydroxylation sites is 1. The van der Waals surface area contributed by atoms with E-state index in [0.29, 0.717) is 0 Å². The minimum Gasteiger partial charge on any atom is -0.500 e. The molecule has 1 radical (unpaired) electrons. The Morgan fingerprint density at radius 3 is 2.22 bits per heavy atom. The van der Waals surface area contributed by atoms with E-state index in [0.717, 1.165) is 49.8 Å². The molecule has 0 amide bonds. The van der Waals surface area contributed by atoms with Gasteiger partial charge in [-0.15, -0.1) is 35.9 Å². The molecule has 4 nitrogen and oxygen atoms in total. The first-order valence-electron chi connectivity index (χ1n) is 13.6. The van der Waals surface area contributed by atoms with Crippen molar-refractivity contribution in [2.24, 2.45) is 0 Å². The molecule has 6 rings (SSSR count). The van der Waals surface area contributed by atoms with Crippen molar-refractivity contribution in [1.29, 1.82) is 0 Å². The molecule has 4 heterocycles. The number of aromatic nitrogens is 3. The van der Waals surface area contributed by atoms with Crippen LogP contribution in [0.1, 0.15) is 31.9 Å². The summed E-state index contributed by atoms with van der Waals surface area (Å²) in [5.74, 6) is 0. The summed E-state index contributed by atoms with van der Waals surface area (Å²) in [6, 6.07) is 27.5. The average molecular weight is 734 g/mol. The maximum Gasteiger partial charge on any atom is 0.121 e. The van der Waals surface area contributed by atoms with E-state index in [1.54, 1.807) is 0 Å². The number of hydrogen-bond donors (Lipinski definition) is 0. The zero-order valence-electron chi connectivity index (χ0n) is 24.7. The van der Waals surface area contributed by atoms with Gasteiger partial charge in [0.2, 0.25) is 0 Å². The molecular weight excluding hydrogens is 699 g/mol. The predicted molar refractivity (Wildman–Crippen MR) is 169 cm³/mol. The van der Waals surface area contributed by atoms with E-state index in [9.17, 15) is 0 Å². The fourth-order valence-electron chi connectivity index (χ4n) is 4.66. The number of fused-ring (bicyclic) bond motifs is 3. The van der Waals surface area contributed by atoms with Crippen LogP contribution in [-0.4, -0.2) is 23.0 Å². The normalized spacial score (nSPS) is 11.6. The summed E-state index contributed by atoms with van der Waals surface area (Å²) in [6.45, 7) is 15.6. The summed E-state index contributed by atoms with van der Waals surface area (Å²) in [7, 11) is -1.67. The fourth-order valence-corrected chi connectivity index (χ4v) is 6.05. The third-order valence-electron chi connectivity index (χ3n) is 6.83. The Labute approximate surface area is 257 Å². The zero-order chi connectivity index (χ0) is 28.5. The van der Waals surface area contributed by atoms with E-state index < -0.39 is 8.07 Å². The minimum absolute atomic E-state index is 0. The Balaban J connectivity index is 0.000000233. The molecule has 0 bridgehead atoms. The van der Waals surface area contributed by atoms with Crippen LogP contribution in [0.4, 0.5) is 0 Å². The van der Waals surface area contributed by atoms with Gasteiger partial charge in [-0.05, 0) is 64.4 Å². The smallest absolute Gasteiger partial charge is 0.121 e. The molecule has 41 heavy (non-hydrogen) atoms. The van der Waals surface area contributed by atoms with Gasteiger partial charge >= 0.3 is 0 Å². The summed E-state index contributed by atoms with van der Waals surface area (Å²) in [4.78, 5) is 13.7. The van der Waals surface area contributed by atoms with Gasteiger partial charge in [-0.2, -0.15) is 0 Å². The molecule has 0 fully saturated rings. The molecular formula is C35H35IrN3OSi-2. The number of rotatable bonds is 3. The largest absolute Gasteiger partial charge is 0.500 e. The van der Waals surface area contributed by atoms with Crippen molar-refractivity contribution in [2.45, 2.75) is 52.8 Å². The Kier molecular flexibility index (Phi) is 9.08. The van der Waals surface area contributed by atoms with Crippen molar-refractivity contribution in [3.8, 4) is 22.5 Å². The predicted octanol–water partition coefficient (Wildman–Crippen LogP) is 8.54. The summed E-state index contributed by atoms with van der Waals surface area (Å²) < 4.78 is 6.31. The molecule has 4 aromatic heterocycles. The van der Waals surface area contributed by atoms with Gasteiger partial charge in [0.05, 0.1) is 13.7 Å². The number of nitrogens with zero attached hydrogens (tertiary/aromatic N) is 3. The van der Waals surface area contributed by atoms with Crippen LogP contribution in [0.2, 0.25) is 19.6 Å². The van der Waals surface area contributed by atoms with Gasteiger partial charge in [0.15, 0.2) is 0 Å². The minimum atomic E-state index is -1.67. The third-order valence-corrected chi connectivity index (χ3v) is 8.61. The maximum atomic E-state index is 6.31. The van der Waals surface area contributed by atoms with Crippen molar-refractivity contribution in [1.82, 2.24) is 15.0 Å². The van der Waals surface area contributed by atoms with E-state index in [1.165, 1.54) is 11.1 Å². The van der Waals surface area contributed by atoms with Gasteiger partial charge < -0.3 is 19.4 Å². The molecule has 2 aromatic carbocycles. The van der Waals surface area contributed by atoms with Crippen LogP contribution in [0, 0.1) is 19.2 Å². The Morgan fingerprint density at radius 1 is 0.829 bits per heavy atom. The standard InChI is InChI=1S/C23H25N2OSi.C12H10N.Ir/c1-23(2,3)15-11-12-24-18(13-15)17-14-25-22(27(4,5)6)20-16-9-7-8-10-19(16)26-21(17)20;1-10-7-8-13-12(9-10)11-5-3-2-4-6-11;/h7-13H,1-6H3;2-5,7-9H,1H3;/q2*-1;. The van der Waals surface area contributed by atoms with Crippen molar-refractivity contribution in [3.05, 3.63) is 109 Å². The zero-order valence-corrected chi connectivity index (χ0v) is 28.1. The number of pyridine rings is 3. The third kappa shape index (κ3) is 6.73. The van der Waals surface area contributed by atoms with Crippen LogP contribution in [0.25, 0.3) is 44.5 Å². The van der Waals surface area contributed by atoms with Crippen LogP contribution < -0.4 is 5.32 Å².